The smallest absolute Gasteiger partial charge is 0.336 e. The summed E-state index contributed by atoms with van der Waals surface area (Å²) in [5, 5.41) is 3.69. The van der Waals surface area contributed by atoms with Crippen molar-refractivity contribution in [1.82, 2.24) is 10.1 Å². The minimum Gasteiger partial charge on any atom is -0.336 e. The van der Waals surface area contributed by atoms with Crippen molar-refractivity contribution in [1.29, 1.82) is 0 Å². The first-order chi connectivity index (χ1) is 19.9. The number of carbonyl (C=O) groups is 1. The third-order valence-electron chi connectivity index (χ3n) is 7.70. The average molecular weight is 668 g/mol. The van der Waals surface area contributed by atoms with Gasteiger partial charge in [-0.15, -0.1) is 0 Å². The second-order valence-electron chi connectivity index (χ2n) is 10.7. The Balaban J connectivity index is 1.52. The lowest BCUT2D eigenvalue weighted by molar-refractivity contribution is -0.137. The van der Waals surface area contributed by atoms with E-state index in [2.05, 4.69) is 25.8 Å². The summed E-state index contributed by atoms with van der Waals surface area (Å²) in [7, 11) is -4.38. The number of benzene rings is 2. The molecule has 1 aliphatic carbocycles. The number of rotatable bonds is 9. The predicted octanol–water partition coefficient (Wildman–Crippen LogP) is 7.48. The molecule has 1 N–H and O–H groups in total. The monoisotopic (exact) mass is 666 g/mol. The molecule has 1 fully saturated rings. The zero-order valence-electron chi connectivity index (χ0n) is 23.1. The van der Waals surface area contributed by atoms with Gasteiger partial charge in [0.05, 0.1) is 22.7 Å². The fourth-order valence-corrected chi connectivity index (χ4v) is 7.16. The van der Waals surface area contributed by atoms with Gasteiger partial charge in [-0.25, -0.2) is 13.1 Å². The molecule has 3 aromatic rings. The lowest BCUT2D eigenvalue weighted by Crippen LogP contribution is -2.40. The number of hydrogen-bond acceptors (Lipinski definition) is 6. The number of nitrogens with zero attached hydrogens (tertiary/aromatic N) is 3. The molecule has 224 valence electrons. The van der Waals surface area contributed by atoms with E-state index in [-0.39, 0.29) is 44.4 Å². The van der Waals surface area contributed by atoms with E-state index < -0.39 is 27.3 Å². The number of sulfonamides is 1. The largest absolute Gasteiger partial charge is 0.417 e. The molecular weight excluding hydrogens is 637 g/mol. The summed E-state index contributed by atoms with van der Waals surface area (Å²) in [6, 6.07) is 9.20. The molecule has 2 heterocycles. The van der Waals surface area contributed by atoms with Gasteiger partial charge in [-0.2, -0.15) is 13.2 Å². The molecule has 1 amide bonds. The number of aryl methyl sites for hydroxylation is 1. The van der Waals surface area contributed by atoms with Gasteiger partial charge in [-0.05, 0) is 65.4 Å². The van der Waals surface area contributed by atoms with Gasteiger partial charge in [0.1, 0.15) is 15.8 Å². The predicted molar refractivity (Wildman–Crippen MR) is 155 cm³/mol. The molecule has 1 spiro atoms. The van der Waals surface area contributed by atoms with Crippen molar-refractivity contribution in [2.75, 3.05) is 4.72 Å². The molecule has 1 aromatic heterocycles. The van der Waals surface area contributed by atoms with Crippen LogP contribution < -0.4 is 4.72 Å². The van der Waals surface area contributed by atoms with Crippen molar-refractivity contribution >= 4 is 43.6 Å². The normalized spacial score (nSPS) is 16.9. The second-order valence-corrected chi connectivity index (χ2v) is 13.1. The maximum absolute atomic E-state index is 14.5. The number of alkyl halides is 3. The van der Waals surface area contributed by atoms with E-state index in [1.807, 2.05) is 6.92 Å². The molecule has 0 unspecified atom stereocenters. The quantitative estimate of drug-likeness (QED) is 0.255. The van der Waals surface area contributed by atoms with E-state index in [4.69, 9.17) is 9.52 Å². The Labute approximate surface area is 250 Å². The van der Waals surface area contributed by atoms with Crippen molar-refractivity contribution in [3.8, 4) is 11.1 Å². The van der Waals surface area contributed by atoms with Gasteiger partial charge in [-0.1, -0.05) is 61.7 Å². The van der Waals surface area contributed by atoms with E-state index in [0.29, 0.717) is 30.8 Å². The number of anilines is 1. The number of unbranched alkanes of at least 4 members (excludes halogenated alkanes) is 1. The molecule has 13 heteroatoms. The molecule has 5 rings (SSSR count). The Bertz CT molecular complexity index is 1650. The van der Waals surface area contributed by atoms with Crippen LogP contribution in [-0.4, -0.2) is 35.8 Å². The fourth-order valence-electron chi connectivity index (χ4n) is 5.56. The van der Waals surface area contributed by atoms with E-state index in [1.165, 1.54) is 41.3 Å². The maximum Gasteiger partial charge on any atom is 0.417 e. The van der Waals surface area contributed by atoms with Crippen LogP contribution in [0.4, 0.5) is 19.1 Å². The number of aromatic nitrogens is 1. The first-order valence-electron chi connectivity index (χ1n) is 13.7. The van der Waals surface area contributed by atoms with Crippen LogP contribution >= 0.6 is 15.9 Å². The van der Waals surface area contributed by atoms with E-state index in [0.717, 1.165) is 31.7 Å². The summed E-state index contributed by atoms with van der Waals surface area (Å²) >= 11 is 3.19. The van der Waals surface area contributed by atoms with Crippen LogP contribution in [0.1, 0.15) is 68.7 Å². The van der Waals surface area contributed by atoms with Crippen LogP contribution in [0.15, 0.2) is 61.3 Å². The van der Waals surface area contributed by atoms with Gasteiger partial charge >= 0.3 is 6.18 Å². The Kier molecular flexibility index (Phi) is 8.27. The van der Waals surface area contributed by atoms with Crippen LogP contribution in [0, 0.1) is 6.92 Å². The molecular formula is C29H30BrF3N4O4S. The van der Waals surface area contributed by atoms with Gasteiger partial charge in [0.25, 0.3) is 21.8 Å². The third-order valence-corrected chi connectivity index (χ3v) is 10.0. The van der Waals surface area contributed by atoms with Crippen LogP contribution in [-0.2, 0) is 27.5 Å². The van der Waals surface area contributed by atoms with Gasteiger partial charge in [-0.3, -0.25) is 14.7 Å². The number of aliphatic imine (C=N–C) groups is 1. The van der Waals surface area contributed by atoms with Crippen LogP contribution in [0.25, 0.3) is 11.1 Å². The second kappa shape index (κ2) is 11.5. The highest BCUT2D eigenvalue weighted by Gasteiger charge is 2.49. The summed E-state index contributed by atoms with van der Waals surface area (Å²) in [4.78, 5) is 19.5. The standard InChI is InChI=1S/C29H30BrF3N4O4S/c1-3-4-11-24-34-28(14-7-8-15-28)27(38)37(24)17-19-12-13-20(22(16-19)29(31,32)33)21-9-5-6-10-23(21)42(39,40)36-26-25(30)18(2)35-41-26/h5-6,9-10,12-13,16,36H,3-4,7-8,11,14-15,17H2,1-2H3. The Morgan fingerprint density at radius 3 is 2.48 bits per heavy atom. The first-order valence-corrected chi connectivity index (χ1v) is 16.0. The first kappa shape index (κ1) is 30.3. The Hall–Kier alpha value is -3.19. The SMILES string of the molecule is CCCCC1=NC2(CCCC2)C(=O)N1Cc1ccc(-c2ccccc2S(=O)(=O)Nc2onc(C)c2Br)c(C(F)(F)F)c1. The molecule has 1 saturated carbocycles. The molecule has 1 aliphatic heterocycles. The molecule has 0 atom stereocenters. The van der Waals surface area contributed by atoms with Crippen molar-refractivity contribution in [2.24, 2.45) is 4.99 Å². The minimum absolute atomic E-state index is 0.0487. The van der Waals surface area contributed by atoms with E-state index >= 15 is 0 Å². The molecule has 0 radical (unpaired) electrons. The molecule has 2 aliphatic rings. The number of carbonyl (C=O) groups excluding carboxylic acids is 1. The highest BCUT2D eigenvalue weighted by molar-refractivity contribution is 9.10. The number of amides is 1. The van der Waals surface area contributed by atoms with Crippen LogP contribution in [0.5, 0.6) is 0 Å². The lowest BCUT2D eigenvalue weighted by atomic mass is 9.96. The average Bonchev–Trinajstić information content (AvgIpc) is 3.62. The van der Waals surface area contributed by atoms with E-state index in [1.54, 1.807) is 6.92 Å². The van der Waals surface area contributed by atoms with Crippen LogP contribution in [0.3, 0.4) is 0 Å². The zero-order chi connectivity index (χ0) is 30.3. The molecule has 2 aromatic carbocycles. The van der Waals surface area contributed by atoms with Crippen molar-refractivity contribution < 1.29 is 30.9 Å². The fraction of sp³-hybridized carbons (Fsp3) is 0.414. The summed E-state index contributed by atoms with van der Waals surface area (Å²) < 4.78 is 77.8. The van der Waals surface area contributed by atoms with Gasteiger partial charge in [0.2, 0.25) is 0 Å². The van der Waals surface area contributed by atoms with Gasteiger partial charge in [0.15, 0.2) is 0 Å². The number of halogens is 4. The van der Waals surface area contributed by atoms with Crippen molar-refractivity contribution in [3.05, 3.63) is 63.8 Å². The van der Waals surface area contributed by atoms with Gasteiger partial charge in [0, 0.05) is 12.0 Å². The van der Waals surface area contributed by atoms with E-state index in [9.17, 15) is 26.4 Å². The number of hydrogen-bond donors (Lipinski definition) is 1. The van der Waals surface area contributed by atoms with Crippen molar-refractivity contribution in [3.63, 3.8) is 0 Å². The summed E-state index contributed by atoms with van der Waals surface area (Å²) in [5.74, 6) is 0.280. The molecule has 0 bridgehead atoms. The Morgan fingerprint density at radius 2 is 1.83 bits per heavy atom. The number of nitrogens with one attached hydrogen (secondary N) is 1. The third kappa shape index (κ3) is 5.72. The highest BCUT2D eigenvalue weighted by atomic mass is 79.9. The molecule has 0 saturated heterocycles. The van der Waals surface area contributed by atoms with Crippen LogP contribution in [0.2, 0.25) is 0 Å². The molecule has 42 heavy (non-hydrogen) atoms. The van der Waals surface area contributed by atoms with Crippen molar-refractivity contribution in [2.45, 2.75) is 81.9 Å². The summed E-state index contributed by atoms with van der Waals surface area (Å²) in [5.41, 5.74) is -1.57. The van der Waals surface area contributed by atoms with Gasteiger partial charge < -0.3 is 4.52 Å². The lowest BCUT2D eigenvalue weighted by Gasteiger charge is -2.24. The molecule has 8 nitrogen and oxygen atoms in total. The topological polar surface area (TPSA) is 105 Å². The summed E-state index contributed by atoms with van der Waals surface area (Å²) in [6.07, 6.45) is 0.555. The Morgan fingerprint density at radius 1 is 1.12 bits per heavy atom. The zero-order valence-corrected chi connectivity index (χ0v) is 25.5. The summed E-state index contributed by atoms with van der Waals surface area (Å²) in [6.45, 7) is 3.57. The highest BCUT2D eigenvalue weighted by Crippen LogP contribution is 2.43. The number of amidine groups is 1. The maximum atomic E-state index is 14.5. The minimum atomic E-state index is -4.80.